The van der Waals surface area contributed by atoms with Gasteiger partial charge in [-0.3, -0.25) is 0 Å². The van der Waals surface area contributed by atoms with Gasteiger partial charge in [-0.1, -0.05) is 18.2 Å². The van der Waals surface area contributed by atoms with Gasteiger partial charge in [-0.2, -0.15) is 0 Å². The zero-order valence-corrected chi connectivity index (χ0v) is 12.0. The van der Waals surface area contributed by atoms with Crippen LogP contribution in [0.2, 0.25) is 0 Å². The molecule has 21 heavy (non-hydrogen) atoms. The summed E-state index contributed by atoms with van der Waals surface area (Å²) >= 11 is 0. The lowest BCUT2D eigenvalue weighted by atomic mass is 10.1. The lowest BCUT2D eigenvalue weighted by Gasteiger charge is -2.30. The second-order valence-corrected chi connectivity index (χ2v) is 5.62. The molecule has 3 rings (SSSR count). The average Bonchev–Trinajstić information content (AvgIpc) is 2.46. The van der Waals surface area contributed by atoms with Gasteiger partial charge in [0.05, 0.1) is 11.1 Å². The summed E-state index contributed by atoms with van der Waals surface area (Å²) in [5.74, 6) is -0.274. The number of para-hydroxylation sites is 1. The molecule has 1 unspecified atom stereocenters. The van der Waals surface area contributed by atoms with Gasteiger partial charge in [0.2, 0.25) is 0 Å². The fraction of sp³-hybridized carbons (Fsp3) is 0.375. The van der Waals surface area contributed by atoms with Crippen LogP contribution in [-0.4, -0.2) is 47.1 Å². The third kappa shape index (κ3) is 2.97. The molecule has 1 atom stereocenters. The van der Waals surface area contributed by atoms with Gasteiger partial charge in [0.1, 0.15) is 5.82 Å². The first-order valence-electron chi connectivity index (χ1n) is 7.21. The lowest BCUT2D eigenvalue weighted by molar-refractivity contribution is 0.0699. The van der Waals surface area contributed by atoms with E-state index in [0.717, 1.165) is 25.9 Å². The molecule has 0 radical (unpaired) electrons. The molecule has 1 fully saturated rings. The van der Waals surface area contributed by atoms with Crippen molar-refractivity contribution in [3.8, 4) is 0 Å². The van der Waals surface area contributed by atoms with Crippen LogP contribution >= 0.6 is 0 Å². The average molecular weight is 285 g/mol. The van der Waals surface area contributed by atoms with Crippen LogP contribution in [0.5, 0.6) is 0 Å². The molecule has 2 N–H and O–H groups in total. The van der Waals surface area contributed by atoms with E-state index in [1.807, 2.05) is 18.2 Å². The Kier molecular flexibility index (Phi) is 3.75. The lowest BCUT2D eigenvalue weighted by Crippen LogP contribution is -2.39. The third-order valence-electron chi connectivity index (χ3n) is 3.92. The van der Waals surface area contributed by atoms with Crippen molar-refractivity contribution in [1.29, 1.82) is 0 Å². The number of anilines is 1. The van der Waals surface area contributed by atoms with Crippen molar-refractivity contribution in [3.05, 3.63) is 35.9 Å². The Morgan fingerprint density at radius 2 is 2.24 bits per heavy atom. The Morgan fingerprint density at radius 1 is 1.43 bits per heavy atom. The molecule has 0 spiro atoms. The number of nitrogens with zero attached hydrogens (tertiary/aromatic N) is 2. The van der Waals surface area contributed by atoms with Gasteiger partial charge in [-0.25, -0.2) is 9.78 Å². The molecule has 5 nitrogen and oxygen atoms in total. The molecule has 1 saturated heterocycles. The number of hydrogen-bond acceptors (Lipinski definition) is 4. The molecule has 1 aliphatic rings. The number of rotatable bonds is 3. The van der Waals surface area contributed by atoms with Crippen LogP contribution in [-0.2, 0) is 0 Å². The smallest absolute Gasteiger partial charge is 0.336 e. The highest BCUT2D eigenvalue weighted by molar-refractivity contribution is 6.03. The standard InChI is InChI=1S/C16H19N3O2/c1-19-8-4-5-11(10-19)17-15-9-13(16(20)21)12-6-2-3-7-14(12)18-15/h2-3,6-7,9,11H,4-5,8,10H2,1H3,(H,17,18)(H,20,21). The largest absolute Gasteiger partial charge is 0.478 e. The summed E-state index contributed by atoms with van der Waals surface area (Å²) in [6, 6.07) is 9.31. The number of carboxylic acid groups (broad SMARTS) is 1. The molecule has 0 aliphatic carbocycles. The molecule has 5 heteroatoms. The van der Waals surface area contributed by atoms with E-state index in [4.69, 9.17) is 0 Å². The molecular formula is C16H19N3O2. The van der Waals surface area contributed by atoms with Gasteiger partial charge in [0.25, 0.3) is 0 Å². The molecule has 2 aromatic rings. The highest BCUT2D eigenvalue weighted by Crippen LogP contribution is 2.22. The Labute approximate surface area is 123 Å². The molecule has 0 saturated carbocycles. The van der Waals surface area contributed by atoms with Gasteiger partial charge in [-0.15, -0.1) is 0 Å². The van der Waals surface area contributed by atoms with Crippen LogP contribution in [0.25, 0.3) is 10.9 Å². The van der Waals surface area contributed by atoms with Crippen molar-refractivity contribution in [2.75, 3.05) is 25.5 Å². The number of pyridine rings is 1. The quantitative estimate of drug-likeness (QED) is 0.906. The zero-order chi connectivity index (χ0) is 14.8. The fourth-order valence-corrected chi connectivity index (χ4v) is 2.92. The van der Waals surface area contributed by atoms with E-state index >= 15 is 0 Å². The Balaban J connectivity index is 1.93. The molecular weight excluding hydrogens is 266 g/mol. The minimum atomic E-state index is -0.919. The first-order chi connectivity index (χ1) is 10.1. The molecule has 1 aliphatic heterocycles. The van der Waals surface area contributed by atoms with Gasteiger partial charge >= 0.3 is 5.97 Å². The predicted molar refractivity (Wildman–Crippen MR) is 82.8 cm³/mol. The first kappa shape index (κ1) is 13.8. The second kappa shape index (κ2) is 5.69. The number of nitrogens with one attached hydrogen (secondary N) is 1. The number of piperidine rings is 1. The van der Waals surface area contributed by atoms with E-state index in [-0.39, 0.29) is 0 Å². The number of likely N-dealkylation sites (tertiary alicyclic amines) is 1. The van der Waals surface area contributed by atoms with Crippen LogP contribution < -0.4 is 5.32 Å². The van der Waals surface area contributed by atoms with Crippen LogP contribution in [0.3, 0.4) is 0 Å². The maximum Gasteiger partial charge on any atom is 0.336 e. The van der Waals surface area contributed by atoms with Crippen molar-refractivity contribution < 1.29 is 9.90 Å². The maximum absolute atomic E-state index is 11.4. The predicted octanol–water partition coefficient (Wildman–Crippen LogP) is 2.44. The highest BCUT2D eigenvalue weighted by atomic mass is 16.4. The van der Waals surface area contributed by atoms with E-state index in [9.17, 15) is 9.90 Å². The Morgan fingerprint density at radius 3 is 3.00 bits per heavy atom. The molecule has 0 amide bonds. The van der Waals surface area contributed by atoms with E-state index in [2.05, 4.69) is 22.2 Å². The van der Waals surface area contributed by atoms with E-state index in [1.165, 1.54) is 0 Å². The number of likely N-dealkylation sites (N-methyl/N-ethyl adjacent to an activating group) is 1. The van der Waals surface area contributed by atoms with Crippen molar-refractivity contribution in [1.82, 2.24) is 9.88 Å². The number of aromatic carboxylic acids is 1. The van der Waals surface area contributed by atoms with Crippen molar-refractivity contribution in [2.24, 2.45) is 0 Å². The number of aromatic nitrogens is 1. The summed E-state index contributed by atoms with van der Waals surface area (Å²) in [5, 5.41) is 13.5. The van der Waals surface area contributed by atoms with E-state index in [0.29, 0.717) is 28.3 Å². The van der Waals surface area contributed by atoms with Crippen molar-refractivity contribution >= 4 is 22.7 Å². The number of carbonyl (C=O) groups is 1. The number of benzene rings is 1. The molecule has 1 aromatic carbocycles. The second-order valence-electron chi connectivity index (χ2n) is 5.62. The van der Waals surface area contributed by atoms with Crippen molar-refractivity contribution in [2.45, 2.75) is 18.9 Å². The maximum atomic E-state index is 11.4. The summed E-state index contributed by atoms with van der Waals surface area (Å²) in [6.07, 6.45) is 2.23. The monoisotopic (exact) mass is 285 g/mol. The van der Waals surface area contributed by atoms with Gasteiger partial charge in [-0.05, 0) is 38.6 Å². The zero-order valence-electron chi connectivity index (χ0n) is 12.0. The number of fused-ring (bicyclic) bond motifs is 1. The van der Waals surface area contributed by atoms with Crippen LogP contribution in [0.1, 0.15) is 23.2 Å². The number of hydrogen-bond donors (Lipinski definition) is 2. The highest BCUT2D eigenvalue weighted by Gasteiger charge is 2.18. The fourth-order valence-electron chi connectivity index (χ4n) is 2.92. The minimum Gasteiger partial charge on any atom is -0.478 e. The molecule has 110 valence electrons. The number of carboxylic acids is 1. The van der Waals surface area contributed by atoms with Crippen LogP contribution in [0, 0.1) is 0 Å². The van der Waals surface area contributed by atoms with E-state index in [1.54, 1.807) is 12.1 Å². The van der Waals surface area contributed by atoms with Gasteiger partial charge in [0.15, 0.2) is 0 Å². The Bertz CT molecular complexity index is 672. The summed E-state index contributed by atoms with van der Waals surface area (Å²) in [6.45, 7) is 2.07. The normalized spacial score (nSPS) is 19.6. The topological polar surface area (TPSA) is 65.5 Å². The summed E-state index contributed by atoms with van der Waals surface area (Å²) in [5.41, 5.74) is 1.01. The summed E-state index contributed by atoms with van der Waals surface area (Å²) in [7, 11) is 2.10. The summed E-state index contributed by atoms with van der Waals surface area (Å²) in [4.78, 5) is 18.3. The Hall–Kier alpha value is -2.14. The molecule has 1 aromatic heterocycles. The van der Waals surface area contributed by atoms with Crippen molar-refractivity contribution in [3.63, 3.8) is 0 Å². The van der Waals surface area contributed by atoms with E-state index < -0.39 is 5.97 Å². The minimum absolute atomic E-state index is 0.298. The molecule has 0 bridgehead atoms. The third-order valence-corrected chi connectivity index (χ3v) is 3.92. The SMILES string of the molecule is CN1CCCC(Nc2cc(C(=O)O)c3ccccc3n2)C1. The van der Waals surface area contributed by atoms with Gasteiger partial charge in [0, 0.05) is 18.0 Å². The molecule has 2 heterocycles. The van der Waals surface area contributed by atoms with Crippen LogP contribution in [0.4, 0.5) is 5.82 Å². The summed E-state index contributed by atoms with van der Waals surface area (Å²) < 4.78 is 0. The first-order valence-corrected chi connectivity index (χ1v) is 7.21. The van der Waals surface area contributed by atoms with Gasteiger partial charge < -0.3 is 15.3 Å². The van der Waals surface area contributed by atoms with Crippen LogP contribution in [0.15, 0.2) is 30.3 Å².